The topological polar surface area (TPSA) is 137 Å². The molecule has 9 heteroatoms. The Kier molecular flexibility index (Phi) is 5.44. The predicted octanol–water partition coefficient (Wildman–Crippen LogP) is 1.54. The summed E-state index contributed by atoms with van der Waals surface area (Å²) in [5.74, 6) is -0.474. The number of hydrogen-bond donors (Lipinski definition) is 3. The zero-order valence-electron chi connectivity index (χ0n) is 16.4. The Hall–Kier alpha value is -3.72. The molecule has 3 aromatic rings. The smallest absolute Gasteiger partial charge is 0.276 e. The van der Waals surface area contributed by atoms with Crippen LogP contribution >= 0.6 is 0 Å². The second-order valence-electron chi connectivity index (χ2n) is 7.24. The molecule has 1 aliphatic heterocycles. The number of amides is 1. The van der Waals surface area contributed by atoms with Gasteiger partial charge in [0.05, 0.1) is 23.3 Å². The number of carbonyl (C=O) groups excluding carboxylic acids is 1. The molecule has 4 heterocycles. The van der Waals surface area contributed by atoms with Gasteiger partial charge in [-0.05, 0) is 37.1 Å². The summed E-state index contributed by atoms with van der Waals surface area (Å²) in [5.41, 5.74) is 14.5. The highest BCUT2D eigenvalue weighted by Gasteiger charge is 2.22. The van der Waals surface area contributed by atoms with Crippen LogP contribution in [-0.2, 0) is 0 Å². The number of piperidine rings is 1. The Labute approximate surface area is 173 Å². The zero-order valence-corrected chi connectivity index (χ0v) is 16.4. The highest BCUT2D eigenvalue weighted by molar-refractivity contribution is 6.07. The van der Waals surface area contributed by atoms with Crippen molar-refractivity contribution < 1.29 is 9.52 Å². The summed E-state index contributed by atoms with van der Waals surface area (Å²) in [5, 5.41) is 14.9. The second-order valence-corrected chi connectivity index (χ2v) is 7.24. The summed E-state index contributed by atoms with van der Waals surface area (Å²) in [7, 11) is 0. The molecule has 5 N–H and O–H groups in total. The van der Waals surface area contributed by atoms with Crippen molar-refractivity contribution >= 4 is 23.0 Å². The third-order valence-corrected chi connectivity index (χ3v) is 5.07. The normalized spacial score (nSPS) is 16.3. The average Bonchev–Trinajstić information content (AvgIpc) is 2.75. The van der Waals surface area contributed by atoms with E-state index in [1.807, 2.05) is 6.07 Å². The summed E-state index contributed by atoms with van der Waals surface area (Å²) in [6, 6.07) is 10.1. The maximum Gasteiger partial charge on any atom is 0.276 e. The van der Waals surface area contributed by atoms with Gasteiger partial charge in [-0.3, -0.25) is 9.78 Å². The molecule has 4 rings (SSSR count). The number of aromatic nitrogens is 3. The molecule has 154 valence electrons. The summed E-state index contributed by atoms with van der Waals surface area (Å²) < 4.78 is 0.693. The Bertz CT molecular complexity index is 1070. The molecule has 0 bridgehead atoms. The SMILES string of the molecule is Nc1ccc(-c2cccc[n+]2[O-])nc1C(=O)Nc1cnccc1N1CCC[C@H](N)C1. The zero-order chi connectivity index (χ0) is 21.1. The summed E-state index contributed by atoms with van der Waals surface area (Å²) in [4.78, 5) is 23.6. The molecule has 1 aliphatic rings. The van der Waals surface area contributed by atoms with E-state index in [1.54, 1.807) is 42.7 Å². The quantitative estimate of drug-likeness (QED) is 0.442. The van der Waals surface area contributed by atoms with Gasteiger partial charge in [0.25, 0.3) is 5.91 Å². The lowest BCUT2D eigenvalue weighted by molar-refractivity contribution is -0.593. The number of rotatable bonds is 4. The molecule has 1 amide bonds. The molecule has 0 radical (unpaired) electrons. The Balaban J connectivity index is 1.62. The fourth-order valence-electron chi connectivity index (χ4n) is 3.59. The van der Waals surface area contributed by atoms with E-state index >= 15 is 0 Å². The molecule has 9 nitrogen and oxygen atoms in total. The van der Waals surface area contributed by atoms with Crippen LogP contribution in [0.15, 0.2) is 55.0 Å². The lowest BCUT2D eigenvalue weighted by Gasteiger charge is -2.33. The van der Waals surface area contributed by atoms with Crippen LogP contribution in [0.5, 0.6) is 0 Å². The average molecular weight is 405 g/mol. The van der Waals surface area contributed by atoms with Crippen molar-refractivity contribution in [1.82, 2.24) is 9.97 Å². The van der Waals surface area contributed by atoms with E-state index < -0.39 is 5.91 Å². The number of nitrogens with zero attached hydrogens (tertiary/aromatic N) is 4. The fourth-order valence-corrected chi connectivity index (χ4v) is 3.59. The minimum absolute atomic E-state index is 0.0431. The van der Waals surface area contributed by atoms with E-state index in [4.69, 9.17) is 11.5 Å². The number of nitrogens with one attached hydrogen (secondary N) is 1. The van der Waals surface area contributed by atoms with Crippen LogP contribution < -0.4 is 26.4 Å². The standard InChI is InChI=1S/C21H23N7O2/c22-14-4-3-10-27(13-14)18-8-9-24-12-17(18)26-21(29)20-15(23)6-7-16(25-20)19-5-1-2-11-28(19)30/h1-2,5-9,11-12,14H,3-4,10,13,22-23H2,(H,26,29)/t14-/m0/s1. The summed E-state index contributed by atoms with van der Waals surface area (Å²) in [6.45, 7) is 1.56. The van der Waals surface area contributed by atoms with Crippen LogP contribution in [0.3, 0.4) is 0 Å². The fraction of sp³-hybridized carbons (Fsp3) is 0.238. The third kappa shape index (κ3) is 4.01. The molecule has 0 aromatic carbocycles. The van der Waals surface area contributed by atoms with Crippen molar-refractivity contribution in [2.45, 2.75) is 18.9 Å². The van der Waals surface area contributed by atoms with Gasteiger partial charge in [-0.2, -0.15) is 4.73 Å². The molecule has 0 aliphatic carbocycles. The molecule has 1 saturated heterocycles. The highest BCUT2D eigenvalue weighted by Crippen LogP contribution is 2.28. The Morgan fingerprint density at radius 2 is 2.13 bits per heavy atom. The first-order chi connectivity index (χ1) is 14.5. The molecule has 1 fully saturated rings. The highest BCUT2D eigenvalue weighted by atomic mass is 16.5. The third-order valence-electron chi connectivity index (χ3n) is 5.07. The largest absolute Gasteiger partial charge is 0.618 e. The van der Waals surface area contributed by atoms with Gasteiger partial charge < -0.3 is 26.9 Å². The number of carbonyl (C=O) groups is 1. The van der Waals surface area contributed by atoms with Crippen LogP contribution in [-0.4, -0.2) is 35.0 Å². The van der Waals surface area contributed by atoms with Crippen molar-refractivity contribution in [3.05, 3.63) is 65.9 Å². The lowest BCUT2D eigenvalue weighted by Crippen LogP contribution is -2.43. The molecular formula is C21H23N7O2. The van der Waals surface area contributed by atoms with Crippen LogP contribution in [0.25, 0.3) is 11.4 Å². The second kappa shape index (κ2) is 8.34. The number of anilines is 3. The van der Waals surface area contributed by atoms with Gasteiger partial charge in [0.2, 0.25) is 5.69 Å². The number of nitrogens with two attached hydrogens (primary N) is 2. The van der Waals surface area contributed by atoms with Gasteiger partial charge in [0.1, 0.15) is 5.69 Å². The predicted molar refractivity (Wildman–Crippen MR) is 115 cm³/mol. The van der Waals surface area contributed by atoms with Crippen LogP contribution in [0.2, 0.25) is 0 Å². The van der Waals surface area contributed by atoms with Crippen molar-refractivity contribution in [2.24, 2.45) is 5.73 Å². The molecular weight excluding hydrogens is 382 g/mol. The van der Waals surface area contributed by atoms with Gasteiger partial charge in [-0.25, -0.2) is 4.98 Å². The van der Waals surface area contributed by atoms with Crippen LogP contribution in [0.4, 0.5) is 17.1 Å². The molecule has 0 spiro atoms. The Morgan fingerprint density at radius 1 is 1.27 bits per heavy atom. The van der Waals surface area contributed by atoms with Crippen molar-refractivity contribution in [2.75, 3.05) is 29.0 Å². The van der Waals surface area contributed by atoms with Crippen molar-refractivity contribution in [1.29, 1.82) is 0 Å². The molecule has 30 heavy (non-hydrogen) atoms. The van der Waals surface area contributed by atoms with Crippen LogP contribution in [0, 0.1) is 5.21 Å². The van der Waals surface area contributed by atoms with Crippen molar-refractivity contribution in [3.63, 3.8) is 0 Å². The minimum atomic E-state index is -0.474. The van der Waals surface area contributed by atoms with Gasteiger partial charge >= 0.3 is 0 Å². The maximum absolute atomic E-state index is 13.0. The van der Waals surface area contributed by atoms with E-state index in [2.05, 4.69) is 20.2 Å². The van der Waals surface area contributed by atoms with E-state index in [1.165, 1.54) is 6.20 Å². The van der Waals surface area contributed by atoms with Gasteiger partial charge in [0.15, 0.2) is 11.9 Å². The van der Waals surface area contributed by atoms with E-state index in [0.717, 1.165) is 25.1 Å². The van der Waals surface area contributed by atoms with Gasteiger partial charge in [0, 0.05) is 37.5 Å². The molecule has 1 atom stereocenters. The molecule has 3 aromatic heterocycles. The number of hydrogen-bond acceptors (Lipinski definition) is 7. The van der Waals surface area contributed by atoms with E-state index in [9.17, 15) is 10.0 Å². The maximum atomic E-state index is 13.0. The number of nitrogen functional groups attached to an aromatic ring is 1. The van der Waals surface area contributed by atoms with Crippen LogP contribution in [0.1, 0.15) is 23.3 Å². The number of pyridine rings is 3. The summed E-state index contributed by atoms with van der Waals surface area (Å²) in [6.07, 6.45) is 6.62. The monoisotopic (exact) mass is 405 g/mol. The van der Waals surface area contributed by atoms with Gasteiger partial charge in [-0.15, -0.1) is 0 Å². The lowest BCUT2D eigenvalue weighted by atomic mass is 10.1. The van der Waals surface area contributed by atoms with Crippen molar-refractivity contribution in [3.8, 4) is 11.4 Å². The van der Waals surface area contributed by atoms with Gasteiger partial charge in [-0.1, -0.05) is 0 Å². The summed E-state index contributed by atoms with van der Waals surface area (Å²) >= 11 is 0. The van der Waals surface area contributed by atoms with E-state index in [0.29, 0.717) is 28.4 Å². The first-order valence-corrected chi connectivity index (χ1v) is 9.74. The first kappa shape index (κ1) is 19.6. The minimum Gasteiger partial charge on any atom is -0.618 e. The Morgan fingerprint density at radius 3 is 2.93 bits per heavy atom. The molecule has 0 saturated carbocycles. The first-order valence-electron chi connectivity index (χ1n) is 9.74. The molecule has 0 unspecified atom stereocenters. The van der Waals surface area contributed by atoms with E-state index in [-0.39, 0.29) is 17.4 Å².